The lowest BCUT2D eigenvalue weighted by Gasteiger charge is -2.28. The number of nitrogens with two attached hydrogens (primary N) is 2. The molecule has 1 aromatic carbocycles. The van der Waals surface area contributed by atoms with E-state index in [4.69, 9.17) is 23.1 Å². The maximum absolute atomic E-state index is 10.7. The summed E-state index contributed by atoms with van der Waals surface area (Å²) >= 11 is 6.04. The number of hydrogen-bond acceptors (Lipinski definition) is 8. The van der Waals surface area contributed by atoms with Crippen molar-refractivity contribution in [2.75, 3.05) is 22.9 Å². The Hall–Kier alpha value is -2.94. The Labute approximate surface area is 184 Å². The van der Waals surface area contributed by atoms with Crippen molar-refractivity contribution in [1.29, 1.82) is 0 Å². The molecule has 1 saturated carbocycles. The topological polar surface area (TPSA) is 134 Å². The third-order valence-corrected chi connectivity index (χ3v) is 6.59. The summed E-state index contributed by atoms with van der Waals surface area (Å²) < 4.78 is 0. The molecule has 1 fully saturated rings. The fraction of sp³-hybridized carbons (Fsp3) is 0.318. The van der Waals surface area contributed by atoms with Crippen LogP contribution in [0.3, 0.4) is 0 Å². The highest BCUT2D eigenvalue weighted by molar-refractivity contribution is 6.33. The number of pyridine rings is 1. The van der Waals surface area contributed by atoms with E-state index in [1.54, 1.807) is 6.07 Å². The molecule has 4 atom stereocenters. The first-order valence-corrected chi connectivity index (χ1v) is 10.6. The monoisotopic (exact) mass is 438 g/mol. The first-order valence-electron chi connectivity index (χ1n) is 10.2. The van der Waals surface area contributed by atoms with E-state index in [9.17, 15) is 10.2 Å². The van der Waals surface area contributed by atoms with Gasteiger partial charge in [-0.3, -0.25) is 0 Å². The van der Waals surface area contributed by atoms with Gasteiger partial charge in [-0.2, -0.15) is 0 Å². The summed E-state index contributed by atoms with van der Waals surface area (Å²) in [6, 6.07) is 7.36. The number of rotatable bonds is 3. The molecule has 0 radical (unpaired) electrons. The largest absolute Gasteiger partial charge is 0.390 e. The molecule has 0 bridgehead atoms. The highest BCUT2D eigenvalue weighted by atomic mass is 35.5. The normalized spacial score (nSPS) is 25.6. The van der Waals surface area contributed by atoms with E-state index in [-0.39, 0.29) is 12.0 Å². The van der Waals surface area contributed by atoms with Crippen LogP contribution >= 0.6 is 11.6 Å². The molecule has 0 saturated heterocycles. The van der Waals surface area contributed by atoms with Gasteiger partial charge in [0.2, 0.25) is 0 Å². The summed E-state index contributed by atoms with van der Waals surface area (Å²) in [6.45, 7) is 0.698. The molecule has 3 unspecified atom stereocenters. The lowest BCUT2D eigenvalue weighted by Crippen LogP contribution is -2.43. The van der Waals surface area contributed by atoms with Crippen molar-refractivity contribution in [3.05, 3.63) is 52.8 Å². The average Bonchev–Trinajstić information content (AvgIpc) is 3.30. The summed E-state index contributed by atoms with van der Waals surface area (Å²) in [5, 5.41) is 22.8. The standard InChI is InChI=1S/C22H23ClN6O2/c23-15-8-12-3-1-11(7-16(12)28-21(15)25)2-4-13-9-17(19(31)18(13)30)29-6-5-14-20(24)26-10-27-22(14)29/h1-4,7-8,10,13,17-19,30-31H,5-6,9H2,(H2,25,28)(H2,24,26,27)/b4-2+/t13?,17?,18?,19-/m1/s1. The van der Waals surface area contributed by atoms with E-state index in [2.05, 4.69) is 15.0 Å². The lowest BCUT2D eigenvalue weighted by atomic mass is 10.0. The number of halogens is 1. The molecule has 6 N–H and O–H groups in total. The summed E-state index contributed by atoms with van der Waals surface area (Å²) in [5.74, 6) is 1.33. The fourth-order valence-corrected chi connectivity index (χ4v) is 4.78. The average molecular weight is 439 g/mol. The Bertz CT molecular complexity index is 1190. The van der Waals surface area contributed by atoms with Crippen LogP contribution in [0.5, 0.6) is 0 Å². The zero-order chi connectivity index (χ0) is 21.7. The van der Waals surface area contributed by atoms with Crippen LogP contribution in [0.25, 0.3) is 17.0 Å². The van der Waals surface area contributed by atoms with E-state index in [1.165, 1.54) is 6.33 Å². The van der Waals surface area contributed by atoms with Gasteiger partial charge in [-0.25, -0.2) is 15.0 Å². The van der Waals surface area contributed by atoms with Gasteiger partial charge in [0.1, 0.15) is 29.9 Å². The molecular weight excluding hydrogens is 416 g/mol. The van der Waals surface area contributed by atoms with Crippen molar-refractivity contribution in [3.63, 3.8) is 0 Å². The number of nitrogen functional groups attached to an aromatic ring is 2. The second-order valence-electron chi connectivity index (χ2n) is 8.12. The van der Waals surface area contributed by atoms with Crippen LogP contribution in [0.15, 0.2) is 36.7 Å². The van der Waals surface area contributed by atoms with Crippen molar-refractivity contribution < 1.29 is 10.2 Å². The molecule has 3 aromatic rings. The van der Waals surface area contributed by atoms with Crippen LogP contribution in [-0.2, 0) is 6.42 Å². The number of nitrogens with zero attached hydrogens (tertiary/aromatic N) is 4. The Morgan fingerprint density at radius 1 is 1.10 bits per heavy atom. The van der Waals surface area contributed by atoms with E-state index >= 15 is 0 Å². The van der Waals surface area contributed by atoms with Crippen LogP contribution in [0.2, 0.25) is 5.02 Å². The van der Waals surface area contributed by atoms with E-state index in [0.29, 0.717) is 29.6 Å². The quantitative estimate of drug-likeness (QED) is 0.488. The number of fused-ring (bicyclic) bond motifs is 2. The van der Waals surface area contributed by atoms with Crippen molar-refractivity contribution in [2.45, 2.75) is 31.1 Å². The number of aromatic nitrogens is 3. The maximum atomic E-state index is 10.7. The molecule has 2 aromatic heterocycles. The van der Waals surface area contributed by atoms with Gasteiger partial charge in [-0.1, -0.05) is 35.9 Å². The molecular formula is C22H23ClN6O2. The Kier molecular flexibility index (Phi) is 4.92. The highest BCUT2D eigenvalue weighted by Crippen LogP contribution is 2.38. The van der Waals surface area contributed by atoms with Gasteiger partial charge in [0.05, 0.1) is 22.7 Å². The second kappa shape index (κ2) is 7.64. The molecule has 1 aliphatic heterocycles. The van der Waals surface area contributed by atoms with Crippen LogP contribution in [0.4, 0.5) is 17.5 Å². The first kappa shape index (κ1) is 20.0. The summed E-state index contributed by atoms with van der Waals surface area (Å²) in [5.41, 5.74) is 14.4. The number of aliphatic hydroxyl groups is 2. The number of aliphatic hydroxyl groups excluding tert-OH is 2. The molecule has 8 nitrogen and oxygen atoms in total. The number of hydrogen-bond donors (Lipinski definition) is 4. The predicted octanol–water partition coefficient (Wildman–Crippen LogP) is 2.03. The third kappa shape index (κ3) is 3.46. The van der Waals surface area contributed by atoms with Crippen LogP contribution in [-0.4, -0.2) is 50.0 Å². The van der Waals surface area contributed by atoms with Gasteiger partial charge >= 0.3 is 0 Å². The Morgan fingerprint density at radius 2 is 1.94 bits per heavy atom. The summed E-state index contributed by atoms with van der Waals surface area (Å²) in [6.07, 6.45) is 4.92. The second-order valence-corrected chi connectivity index (χ2v) is 8.53. The van der Waals surface area contributed by atoms with Crippen molar-refractivity contribution >= 4 is 46.0 Å². The lowest BCUT2D eigenvalue weighted by molar-refractivity contribution is 0.0229. The van der Waals surface area contributed by atoms with Crippen LogP contribution < -0.4 is 16.4 Å². The van der Waals surface area contributed by atoms with Crippen LogP contribution in [0.1, 0.15) is 17.5 Å². The van der Waals surface area contributed by atoms with Gasteiger partial charge in [0, 0.05) is 23.4 Å². The molecule has 9 heteroatoms. The van der Waals surface area contributed by atoms with Crippen molar-refractivity contribution in [3.8, 4) is 0 Å². The van der Waals surface area contributed by atoms with E-state index in [1.807, 2.05) is 35.3 Å². The van der Waals surface area contributed by atoms with Gasteiger partial charge in [0.25, 0.3) is 0 Å². The Balaban J connectivity index is 1.36. The first-order chi connectivity index (χ1) is 14.9. The summed E-state index contributed by atoms with van der Waals surface area (Å²) in [4.78, 5) is 14.8. The van der Waals surface area contributed by atoms with Crippen molar-refractivity contribution in [1.82, 2.24) is 15.0 Å². The van der Waals surface area contributed by atoms with Gasteiger partial charge in [-0.15, -0.1) is 0 Å². The molecule has 0 amide bonds. The SMILES string of the molecule is Nc1nc2cc(/C=C/C3CC(N4CCc5c(N)ncnc54)[C@@H](O)C3O)ccc2cc1Cl. The number of benzene rings is 1. The molecule has 0 spiro atoms. The minimum absolute atomic E-state index is 0.192. The Morgan fingerprint density at radius 3 is 2.77 bits per heavy atom. The summed E-state index contributed by atoms with van der Waals surface area (Å²) in [7, 11) is 0. The molecule has 160 valence electrons. The van der Waals surface area contributed by atoms with Crippen LogP contribution in [0, 0.1) is 5.92 Å². The minimum atomic E-state index is -0.878. The van der Waals surface area contributed by atoms with Gasteiger partial charge in [0.15, 0.2) is 0 Å². The zero-order valence-electron chi connectivity index (χ0n) is 16.7. The van der Waals surface area contributed by atoms with E-state index < -0.39 is 12.2 Å². The number of anilines is 3. The fourth-order valence-electron chi connectivity index (χ4n) is 4.62. The molecule has 2 aliphatic rings. The molecule has 31 heavy (non-hydrogen) atoms. The predicted molar refractivity (Wildman–Crippen MR) is 122 cm³/mol. The molecule has 3 heterocycles. The maximum Gasteiger partial charge on any atom is 0.142 e. The molecule has 5 rings (SSSR count). The van der Waals surface area contributed by atoms with E-state index in [0.717, 1.165) is 34.3 Å². The van der Waals surface area contributed by atoms with Crippen molar-refractivity contribution in [2.24, 2.45) is 5.92 Å². The van der Waals surface area contributed by atoms with Gasteiger partial charge < -0.3 is 26.6 Å². The zero-order valence-corrected chi connectivity index (χ0v) is 17.4. The smallest absolute Gasteiger partial charge is 0.142 e. The highest BCUT2D eigenvalue weighted by Gasteiger charge is 2.45. The minimum Gasteiger partial charge on any atom is -0.390 e. The third-order valence-electron chi connectivity index (χ3n) is 6.29. The van der Waals surface area contributed by atoms with Gasteiger partial charge in [-0.05, 0) is 30.5 Å². The molecule has 1 aliphatic carbocycles.